The minimum Gasteiger partial charge on any atom is -0.356 e. The average molecular weight is 287 g/mol. The Hall–Kier alpha value is -0.880. The van der Waals surface area contributed by atoms with Crippen LogP contribution in [0.1, 0.15) is 11.4 Å². The summed E-state index contributed by atoms with van der Waals surface area (Å²) in [5.74, 6) is 0. The van der Waals surface area contributed by atoms with E-state index in [1.807, 2.05) is 24.0 Å². The first-order valence-corrected chi connectivity index (χ1v) is 6.17. The smallest absolute Gasteiger partial charge is 0.184 e. The van der Waals surface area contributed by atoms with Gasteiger partial charge in [0.2, 0.25) is 0 Å². The van der Waals surface area contributed by atoms with Gasteiger partial charge in [0, 0.05) is 12.4 Å². The third-order valence-corrected chi connectivity index (χ3v) is 3.51. The van der Waals surface area contributed by atoms with Crippen LogP contribution in [0.2, 0.25) is 0 Å². The Balaban J connectivity index is 2.01. The van der Waals surface area contributed by atoms with E-state index in [4.69, 9.17) is 0 Å². The fourth-order valence-corrected chi connectivity index (χ4v) is 2.47. The molecule has 15 heavy (non-hydrogen) atoms. The van der Waals surface area contributed by atoms with Gasteiger partial charge in [0.15, 0.2) is 5.13 Å². The molecule has 2 aromatic heterocycles. The lowest BCUT2D eigenvalue weighted by Crippen LogP contribution is -2.04. The summed E-state index contributed by atoms with van der Waals surface area (Å²) in [6.45, 7) is 2.74. The van der Waals surface area contributed by atoms with Gasteiger partial charge in [-0.25, -0.2) is 4.98 Å². The van der Waals surface area contributed by atoms with Gasteiger partial charge in [-0.2, -0.15) is 5.10 Å². The molecule has 0 aliphatic rings. The molecule has 4 nitrogen and oxygen atoms in total. The Labute approximate surface area is 100 Å². The van der Waals surface area contributed by atoms with E-state index in [1.165, 1.54) is 0 Å². The molecule has 0 fully saturated rings. The second kappa shape index (κ2) is 4.32. The molecule has 2 heterocycles. The van der Waals surface area contributed by atoms with E-state index in [0.717, 1.165) is 27.7 Å². The highest BCUT2D eigenvalue weighted by molar-refractivity contribution is 9.10. The molecule has 2 aromatic rings. The molecule has 0 saturated carbocycles. The highest BCUT2D eigenvalue weighted by Gasteiger charge is 2.03. The monoisotopic (exact) mass is 286 g/mol. The van der Waals surface area contributed by atoms with Crippen molar-refractivity contribution in [3.63, 3.8) is 0 Å². The number of aromatic nitrogens is 3. The van der Waals surface area contributed by atoms with Crippen LogP contribution in [0, 0.1) is 6.92 Å². The number of nitrogens with one attached hydrogen (secondary N) is 1. The second-order valence-corrected chi connectivity index (χ2v) is 4.90. The lowest BCUT2D eigenvalue weighted by atomic mass is 10.4. The molecule has 0 aromatic carbocycles. The highest BCUT2D eigenvalue weighted by Crippen LogP contribution is 2.19. The third kappa shape index (κ3) is 2.57. The molecule has 0 bridgehead atoms. The fraction of sp³-hybridized carbons (Fsp3) is 0.333. The zero-order valence-corrected chi connectivity index (χ0v) is 10.9. The molecule has 80 valence electrons. The molecule has 0 unspecified atom stereocenters. The first-order chi connectivity index (χ1) is 7.15. The lowest BCUT2D eigenvalue weighted by Gasteiger charge is -2.02. The van der Waals surface area contributed by atoms with Crippen molar-refractivity contribution in [1.29, 1.82) is 0 Å². The van der Waals surface area contributed by atoms with Crippen LogP contribution in [0.25, 0.3) is 0 Å². The molecular weight excluding hydrogens is 276 g/mol. The Morgan fingerprint density at radius 2 is 2.40 bits per heavy atom. The predicted molar refractivity (Wildman–Crippen MR) is 65.1 cm³/mol. The zero-order chi connectivity index (χ0) is 10.8. The average Bonchev–Trinajstić information content (AvgIpc) is 2.70. The van der Waals surface area contributed by atoms with Crippen LogP contribution in [0.5, 0.6) is 0 Å². The van der Waals surface area contributed by atoms with Crippen molar-refractivity contribution in [3.05, 3.63) is 27.4 Å². The Morgan fingerprint density at radius 1 is 1.60 bits per heavy atom. The SMILES string of the molecule is Cc1cc(CNc2nc(Br)cs2)n(C)n1. The first kappa shape index (κ1) is 10.6. The van der Waals surface area contributed by atoms with Gasteiger partial charge in [0.05, 0.1) is 17.9 Å². The van der Waals surface area contributed by atoms with E-state index in [-0.39, 0.29) is 0 Å². The fourth-order valence-electron chi connectivity index (χ4n) is 1.33. The van der Waals surface area contributed by atoms with Crippen molar-refractivity contribution in [3.8, 4) is 0 Å². The van der Waals surface area contributed by atoms with Crippen LogP contribution in [0.15, 0.2) is 16.0 Å². The van der Waals surface area contributed by atoms with E-state index < -0.39 is 0 Å². The molecular formula is C9H11BrN4S. The highest BCUT2D eigenvalue weighted by atomic mass is 79.9. The van der Waals surface area contributed by atoms with Crippen molar-refractivity contribution in [2.24, 2.45) is 7.05 Å². The molecule has 0 aliphatic carbocycles. The molecule has 0 radical (unpaired) electrons. The summed E-state index contributed by atoms with van der Waals surface area (Å²) in [6, 6.07) is 2.07. The summed E-state index contributed by atoms with van der Waals surface area (Å²) in [5.41, 5.74) is 2.19. The second-order valence-electron chi connectivity index (χ2n) is 3.23. The number of anilines is 1. The Kier molecular flexibility index (Phi) is 3.06. The summed E-state index contributed by atoms with van der Waals surface area (Å²) < 4.78 is 2.75. The molecule has 6 heteroatoms. The summed E-state index contributed by atoms with van der Waals surface area (Å²) in [7, 11) is 1.95. The van der Waals surface area contributed by atoms with Crippen LogP contribution in [0.4, 0.5) is 5.13 Å². The number of hydrogen-bond acceptors (Lipinski definition) is 4. The van der Waals surface area contributed by atoms with Crippen molar-refractivity contribution >= 4 is 32.4 Å². The van der Waals surface area contributed by atoms with Crippen molar-refractivity contribution < 1.29 is 0 Å². The van der Waals surface area contributed by atoms with E-state index >= 15 is 0 Å². The number of aryl methyl sites for hydroxylation is 2. The van der Waals surface area contributed by atoms with Gasteiger partial charge in [-0.3, -0.25) is 4.68 Å². The summed E-state index contributed by atoms with van der Waals surface area (Å²) in [5, 5.41) is 10.4. The third-order valence-electron chi connectivity index (χ3n) is 2.00. The standard InChI is InChI=1S/C9H11BrN4S/c1-6-3-7(14(2)13-6)4-11-9-12-8(10)5-15-9/h3,5H,4H2,1-2H3,(H,11,12). The van der Waals surface area contributed by atoms with Crippen molar-refractivity contribution in [1.82, 2.24) is 14.8 Å². The number of rotatable bonds is 3. The summed E-state index contributed by atoms with van der Waals surface area (Å²) >= 11 is 4.90. The van der Waals surface area contributed by atoms with E-state index in [9.17, 15) is 0 Å². The van der Waals surface area contributed by atoms with Gasteiger partial charge in [0.25, 0.3) is 0 Å². The predicted octanol–water partition coefficient (Wildman–Crippen LogP) is 2.56. The zero-order valence-electron chi connectivity index (χ0n) is 8.49. The van der Waals surface area contributed by atoms with Gasteiger partial charge >= 0.3 is 0 Å². The maximum Gasteiger partial charge on any atom is 0.184 e. The van der Waals surface area contributed by atoms with E-state index in [2.05, 4.69) is 37.4 Å². The maximum absolute atomic E-state index is 4.28. The minimum atomic E-state index is 0.747. The number of nitrogens with zero attached hydrogens (tertiary/aromatic N) is 3. The molecule has 0 atom stereocenters. The van der Waals surface area contributed by atoms with Gasteiger partial charge in [-0.05, 0) is 28.9 Å². The van der Waals surface area contributed by atoms with E-state index in [0.29, 0.717) is 0 Å². The topological polar surface area (TPSA) is 42.7 Å². The molecule has 1 N–H and O–H groups in total. The van der Waals surface area contributed by atoms with Gasteiger partial charge in [0.1, 0.15) is 4.60 Å². The van der Waals surface area contributed by atoms with Gasteiger partial charge < -0.3 is 5.32 Å². The Bertz CT molecular complexity index is 462. The number of hydrogen-bond donors (Lipinski definition) is 1. The van der Waals surface area contributed by atoms with Crippen molar-refractivity contribution in [2.75, 3.05) is 5.32 Å². The van der Waals surface area contributed by atoms with Crippen LogP contribution in [0.3, 0.4) is 0 Å². The van der Waals surface area contributed by atoms with Crippen molar-refractivity contribution in [2.45, 2.75) is 13.5 Å². The van der Waals surface area contributed by atoms with Gasteiger partial charge in [-0.15, -0.1) is 11.3 Å². The van der Waals surface area contributed by atoms with Crippen LogP contribution >= 0.6 is 27.3 Å². The van der Waals surface area contributed by atoms with E-state index in [1.54, 1.807) is 11.3 Å². The molecule has 0 saturated heterocycles. The molecule has 0 aliphatic heterocycles. The van der Waals surface area contributed by atoms with Crippen LogP contribution in [-0.2, 0) is 13.6 Å². The molecule has 2 rings (SSSR count). The lowest BCUT2D eigenvalue weighted by molar-refractivity contribution is 0.713. The number of thiazole rings is 1. The van der Waals surface area contributed by atoms with Crippen LogP contribution < -0.4 is 5.32 Å². The Morgan fingerprint density at radius 3 is 2.93 bits per heavy atom. The van der Waals surface area contributed by atoms with Crippen LogP contribution in [-0.4, -0.2) is 14.8 Å². The summed E-state index contributed by atoms with van der Waals surface area (Å²) in [6.07, 6.45) is 0. The maximum atomic E-state index is 4.28. The summed E-state index contributed by atoms with van der Waals surface area (Å²) in [4.78, 5) is 4.26. The number of halogens is 1. The normalized spacial score (nSPS) is 10.6. The molecule has 0 amide bonds. The quantitative estimate of drug-likeness (QED) is 0.943. The minimum absolute atomic E-state index is 0.747. The first-order valence-electron chi connectivity index (χ1n) is 4.49. The molecule has 0 spiro atoms. The largest absolute Gasteiger partial charge is 0.356 e. The van der Waals surface area contributed by atoms with Gasteiger partial charge in [-0.1, -0.05) is 0 Å².